The number of nitrogens with zero attached hydrogens (tertiary/aromatic N) is 2. The number of fused-ring (bicyclic) bond motifs is 7. The molecule has 0 atom stereocenters. The Kier molecular flexibility index (Phi) is 7.79. The minimum absolute atomic E-state index is 0.548. The molecule has 1 aliphatic rings. The van der Waals surface area contributed by atoms with Gasteiger partial charge in [0.2, 0.25) is 0 Å². The molecule has 11 aromatic rings. The molecule has 0 fully saturated rings. The molecule has 0 N–H and O–H groups in total. The third-order valence-corrected chi connectivity index (χ3v) is 12.8. The molecule has 0 radical (unpaired) electrons. The van der Waals surface area contributed by atoms with Gasteiger partial charge in [-0.2, -0.15) is 0 Å². The summed E-state index contributed by atoms with van der Waals surface area (Å²) in [6.07, 6.45) is 3.74. The first-order chi connectivity index (χ1) is 29.8. The molecule has 2 aromatic heterocycles. The molecule has 2 nitrogen and oxygen atoms in total. The van der Waals surface area contributed by atoms with E-state index in [1.807, 2.05) is 18.5 Å². The number of hydrogen-bond acceptors (Lipinski definition) is 1. The van der Waals surface area contributed by atoms with Gasteiger partial charge in [-0.05, 0) is 109 Å². The van der Waals surface area contributed by atoms with E-state index in [0.717, 1.165) is 11.1 Å². The first-order valence-corrected chi connectivity index (χ1v) is 20.7. The van der Waals surface area contributed by atoms with Crippen LogP contribution < -0.4 is 0 Å². The van der Waals surface area contributed by atoms with Crippen LogP contribution in [0, 0.1) is 0 Å². The van der Waals surface area contributed by atoms with Crippen molar-refractivity contribution in [3.8, 4) is 50.2 Å². The van der Waals surface area contributed by atoms with Crippen LogP contribution >= 0.6 is 0 Å². The van der Waals surface area contributed by atoms with Crippen LogP contribution in [-0.2, 0) is 5.41 Å². The van der Waals surface area contributed by atoms with Crippen molar-refractivity contribution < 1.29 is 0 Å². The molecule has 2 heterocycles. The molecule has 0 spiro atoms. The Morgan fingerprint density at radius 2 is 0.817 bits per heavy atom. The summed E-state index contributed by atoms with van der Waals surface area (Å²) in [5, 5.41) is 4.99. The number of pyridine rings is 1. The highest BCUT2D eigenvalue weighted by molar-refractivity contribution is 6.11. The number of benzene rings is 9. The average molecular weight is 763 g/mol. The lowest BCUT2D eigenvalue weighted by atomic mass is 9.67. The molecule has 1 aliphatic carbocycles. The van der Waals surface area contributed by atoms with Gasteiger partial charge in [0.05, 0.1) is 22.1 Å². The van der Waals surface area contributed by atoms with Gasteiger partial charge in [-0.25, -0.2) is 0 Å². The molecule has 0 aliphatic heterocycles. The maximum atomic E-state index is 4.35. The molecule has 0 saturated heterocycles. The molecule has 12 rings (SSSR count). The Balaban J connectivity index is 1.07. The van der Waals surface area contributed by atoms with Crippen LogP contribution in [0.1, 0.15) is 22.3 Å². The quantitative estimate of drug-likeness (QED) is 0.165. The summed E-state index contributed by atoms with van der Waals surface area (Å²) in [6.45, 7) is 0. The second-order valence-electron chi connectivity index (χ2n) is 15.9. The lowest BCUT2D eigenvalue weighted by Crippen LogP contribution is -2.28. The Morgan fingerprint density at radius 1 is 0.333 bits per heavy atom. The van der Waals surface area contributed by atoms with Crippen LogP contribution in [0.15, 0.2) is 231 Å². The fourth-order valence-electron chi connectivity index (χ4n) is 10.1. The van der Waals surface area contributed by atoms with Gasteiger partial charge in [0, 0.05) is 28.6 Å². The predicted molar refractivity (Wildman–Crippen MR) is 250 cm³/mol. The van der Waals surface area contributed by atoms with E-state index in [0.29, 0.717) is 0 Å². The minimum atomic E-state index is -0.548. The monoisotopic (exact) mass is 762 g/mol. The summed E-state index contributed by atoms with van der Waals surface area (Å²) in [7, 11) is 0. The van der Waals surface area contributed by atoms with Crippen LogP contribution in [0.3, 0.4) is 0 Å². The van der Waals surface area contributed by atoms with Gasteiger partial charge in [-0.15, -0.1) is 0 Å². The molecule has 0 bridgehead atoms. The van der Waals surface area contributed by atoms with Gasteiger partial charge >= 0.3 is 0 Å². The van der Waals surface area contributed by atoms with Crippen LogP contribution in [0.5, 0.6) is 0 Å². The van der Waals surface area contributed by atoms with Crippen molar-refractivity contribution in [2.45, 2.75) is 5.41 Å². The van der Waals surface area contributed by atoms with E-state index in [2.05, 4.69) is 222 Å². The second kappa shape index (κ2) is 13.7. The van der Waals surface area contributed by atoms with Gasteiger partial charge in [0.15, 0.2) is 0 Å². The summed E-state index contributed by atoms with van der Waals surface area (Å²) in [4.78, 5) is 4.35. The Bertz CT molecular complexity index is 3310. The first kappa shape index (κ1) is 34.3. The Morgan fingerprint density at radius 3 is 1.42 bits per heavy atom. The third kappa shape index (κ3) is 5.11. The molecular weight excluding hydrogens is 725 g/mol. The van der Waals surface area contributed by atoms with Gasteiger partial charge in [0.1, 0.15) is 0 Å². The molecular formula is C58H38N2. The van der Waals surface area contributed by atoms with E-state index < -0.39 is 5.41 Å². The molecule has 0 amide bonds. The van der Waals surface area contributed by atoms with Gasteiger partial charge < -0.3 is 4.57 Å². The summed E-state index contributed by atoms with van der Waals surface area (Å²) in [6, 6.07) is 80.6. The van der Waals surface area contributed by atoms with Crippen molar-refractivity contribution in [3.63, 3.8) is 0 Å². The molecule has 280 valence electrons. The minimum Gasteiger partial charge on any atom is -0.309 e. The van der Waals surface area contributed by atoms with Crippen molar-refractivity contribution >= 4 is 32.6 Å². The lowest BCUT2D eigenvalue weighted by Gasteiger charge is -2.34. The topological polar surface area (TPSA) is 17.8 Å². The van der Waals surface area contributed by atoms with Crippen LogP contribution in [0.2, 0.25) is 0 Å². The summed E-state index contributed by atoms with van der Waals surface area (Å²) in [5.41, 5.74) is 17.8. The smallest absolute Gasteiger partial charge is 0.0713 e. The highest BCUT2D eigenvalue weighted by Crippen LogP contribution is 2.57. The maximum Gasteiger partial charge on any atom is 0.0713 e. The number of aromatic nitrogens is 2. The largest absolute Gasteiger partial charge is 0.309 e. The molecule has 9 aromatic carbocycles. The SMILES string of the molecule is c1ccc(C2(c3ccccc3)c3cc(-c4ccc(-c5cccnc5)cc4)ccc3-c3ccc(-c4ccc(-n5c6ccccc6c6ccccc65)c5ccccc45)cc32)cc1. The predicted octanol–water partition coefficient (Wildman–Crippen LogP) is 14.7. The number of para-hydroxylation sites is 2. The fraction of sp³-hybridized carbons (Fsp3) is 0.0172. The van der Waals surface area contributed by atoms with Crippen molar-refractivity contribution in [3.05, 3.63) is 253 Å². The van der Waals surface area contributed by atoms with Crippen molar-refractivity contribution in [2.24, 2.45) is 0 Å². The van der Waals surface area contributed by atoms with E-state index >= 15 is 0 Å². The van der Waals surface area contributed by atoms with Gasteiger partial charge in [0.25, 0.3) is 0 Å². The van der Waals surface area contributed by atoms with Crippen LogP contribution in [-0.4, -0.2) is 9.55 Å². The zero-order valence-electron chi connectivity index (χ0n) is 32.8. The normalized spacial score (nSPS) is 12.8. The van der Waals surface area contributed by atoms with E-state index in [1.165, 1.54) is 93.9 Å². The summed E-state index contributed by atoms with van der Waals surface area (Å²) < 4.78 is 2.44. The molecule has 60 heavy (non-hydrogen) atoms. The summed E-state index contributed by atoms with van der Waals surface area (Å²) >= 11 is 0. The number of hydrogen-bond donors (Lipinski definition) is 0. The standard InChI is InChI=1S/C58H38N2/c1-3-15-44(16-4-1)58(45-17-5-2-6-18-45)53-36-41(39-25-27-40(28-26-39)43-14-13-35-59-38-43)29-31-48(53)49-32-30-42(37-54(49)58)46-33-34-57(50-20-8-7-19-47(46)50)60-55-23-11-9-21-51(55)52-22-10-12-24-56(52)60/h1-38H. The number of rotatable bonds is 6. The molecule has 0 saturated carbocycles. The molecule has 0 unspecified atom stereocenters. The van der Waals surface area contributed by atoms with E-state index in [9.17, 15) is 0 Å². The Hall–Kier alpha value is -7.81. The fourth-order valence-corrected chi connectivity index (χ4v) is 10.1. The summed E-state index contributed by atoms with van der Waals surface area (Å²) in [5.74, 6) is 0. The van der Waals surface area contributed by atoms with Gasteiger partial charge in [-0.3, -0.25) is 4.98 Å². The van der Waals surface area contributed by atoms with E-state index in [-0.39, 0.29) is 0 Å². The first-order valence-electron chi connectivity index (χ1n) is 20.7. The van der Waals surface area contributed by atoms with E-state index in [1.54, 1.807) is 0 Å². The lowest BCUT2D eigenvalue weighted by molar-refractivity contribution is 0.769. The average Bonchev–Trinajstić information content (AvgIpc) is 3.82. The van der Waals surface area contributed by atoms with Crippen molar-refractivity contribution in [1.82, 2.24) is 9.55 Å². The molecule has 2 heteroatoms. The Labute approximate surface area is 349 Å². The van der Waals surface area contributed by atoms with Crippen molar-refractivity contribution in [2.75, 3.05) is 0 Å². The van der Waals surface area contributed by atoms with Crippen LogP contribution in [0.4, 0.5) is 0 Å². The maximum absolute atomic E-state index is 4.35. The highest BCUT2D eigenvalue weighted by Gasteiger charge is 2.46. The third-order valence-electron chi connectivity index (χ3n) is 12.8. The van der Waals surface area contributed by atoms with Gasteiger partial charge in [-0.1, -0.05) is 182 Å². The second-order valence-corrected chi connectivity index (χ2v) is 15.9. The van der Waals surface area contributed by atoms with E-state index in [4.69, 9.17) is 0 Å². The zero-order valence-corrected chi connectivity index (χ0v) is 32.8. The zero-order chi connectivity index (χ0) is 39.6. The van der Waals surface area contributed by atoms with Crippen LogP contribution in [0.25, 0.3) is 82.8 Å². The van der Waals surface area contributed by atoms with Crippen molar-refractivity contribution in [1.29, 1.82) is 0 Å². The highest BCUT2D eigenvalue weighted by atomic mass is 15.0.